The first-order valence-corrected chi connectivity index (χ1v) is 8.49. The van der Waals surface area contributed by atoms with E-state index < -0.39 is 17.7 Å². The fraction of sp³-hybridized carbons (Fsp3) is 0.200. The topological polar surface area (TPSA) is 76.1 Å². The second-order valence-electron chi connectivity index (χ2n) is 6.03. The monoisotopic (exact) mass is 387 g/mol. The van der Waals surface area contributed by atoms with Gasteiger partial charge in [0.15, 0.2) is 11.5 Å². The molecule has 1 fully saturated rings. The number of amides is 1. The summed E-state index contributed by atoms with van der Waals surface area (Å²) < 4.78 is 10.4. The summed E-state index contributed by atoms with van der Waals surface area (Å²) in [5.74, 6) is -0.824. The Morgan fingerprint density at radius 2 is 1.67 bits per heavy atom. The molecule has 1 aliphatic rings. The Morgan fingerprint density at radius 3 is 2.26 bits per heavy atom. The molecule has 0 radical (unpaired) electrons. The Labute approximate surface area is 161 Å². The van der Waals surface area contributed by atoms with Crippen LogP contribution in [0, 0.1) is 0 Å². The van der Waals surface area contributed by atoms with E-state index in [1.165, 1.54) is 26.2 Å². The number of rotatable bonds is 4. The molecular weight excluding hydrogens is 370 g/mol. The van der Waals surface area contributed by atoms with Crippen molar-refractivity contribution in [2.24, 2.45) is 0 Å². The number of ketones is 1. The van der Waals surface area contributed by atoms with Crippen LogP contribution < -0.4 is 9.47 Å². The maximum Gasteiger partial charge on any atom is 0.295 e. The van der Waals surface area contributed by atoms with Crippen molar-refractivity contribution in [1.29, 1.82) is 0 Å². The third-order valence-corrected chi connectivity index (χ3v) is 4.77. The van der Waals surface area contributed by atoms with Gasteiger partial charge < -0.3 is 19.5 Å². The largest absolute Gasteiger partial charge is 0.507 e. The lowest BCUT2D eigenvalue weighted by Gasteiger charge is -2.21. The second-order valence-corrected chi connectivity index (χ2v) is 6.47. The van der Waals surface area contributed by atoms with Crippen LogP contribution in [0.15, 0.2) is 48.0 Å². The fourth-order valence-electron chi connectivity index (χ4n) is 3.12. The molecule has 6 nitrogen and oxygen atoms in total. The zero-order valence-corrected chi connectivity index (χ0v) is 15.8. The molecule has 1 aliphatic heterocycles. The van der Waals surface area contributed by atoms with Crippen molar-refractivity contribution in [2.45, 2.75) is 6.04 Å². The number of hydrogen-bond donors (Lipinski definition) is 1. The third-order valence-electron chi connectivity index (χ3n) is 4.52. The van der Waals surface area contributed by atoms with Gasteiger partial charge in [0.05, 0.1) is 25.8 Å². The summed E-state index contributed by atoms with van der Waals surface area (Å²) in [7, 11) is 4.50. The summed E-state index contributed by atoms with van der Waals surface area (Å²) in [5.41, 5.74) is 1.03. The quantitative estimate of drug-likeness (QED) is 0.494. The first-order chi connectivity index (χ1) is 12.9. The Morgan fingerprint density at radius 1 is 1.04 bits per heavy atom. The van der Waals surface area contributed by atoms with Crippen LogP contribution in [0.4, 0.5) is 0 Å². The summed E-state index contributed by atoms with van der Waals surface area (Å²) in [4.78, 5) is 26.2. The van der Waals surface area contributed by atoms with Crippen LogP contribution in [0.3, 0.4) is 0 Å². The zero-order valence-electron chi connectivity index (χ0n) is 15.0. The number of nitrogens with zero attached hydrogens (tertiary/aromatic N) is 1. The number of carbonyl (C=O) groups excluding carboxylic acids is 2. The molecule has 2 aromatic rings. The number of Topliss-reactive ketones (excluding diaryl/α,β-unsaturated/α-hetero) is 1. The van der Waals surface area contributed by atoms with Crippen LogP contribution in [0.5, 0.6) is 11.5 Å². The highest BCUT2D eigenvalue weighted by molar-refractivity contribution is 6.46. The molecule has 1 atom stereocenters. The molecule has 27 heavy (non-hydrogen) atoms. The second kappa shape index (κ2) is 7.32. The molecule has 1 unspecified atom stereocenters. The Balaban J connectivity index is 2.16. The van der Waals surface area contributed by atoms with Crippen molar-refractivity contribution in [3.8, 4) is 11.5 Å². The van der Waals surface area contributed by atoms with Crippen molar-refractivity contribution < 1.29 is 24.2 Å². The average Bonchev–Trinajstić information content (AvgIpc) is 2.91. The molecule has 2 aromatic carbocycles. The van der Waals surface area contributed by atoms with Gasteiger partial charge in [-0.1, -0.05) is 23.7 Å². The third kappa shape index (κ3) is 3.24. The van der Waals surface area contributed by atoms with E-state index in [0.29, 0.717) is 27.6 Å². The number of likely N-dealkylation sites (N-methyl/N-ethyl adjacent to an activating group) is 1. The van der Waals surface area contributed by atoms with Crippen molar-refractivity contribution in [3.05, 3.63) is 64.2 Å². The lowest BCUT2D eigenvalue weighted by Crippen LogP contribution is -2.24. The van der Waals surface area contributed by atoms with Crippen LogP contribution in [0.1, 0.15) is 17.2 Å². The van der Waals surface area contributed by atoms with Gasteiger partial charge in [0.1, 0.15) is 5.76 Å². The van der Waals surface area contributed by atoms with Crippen LogP contribution in [0.2, 0.25) is 5.02 Å². The maximum absolute atomic E-state index is 12.6. The molecule has 0 spiro atoms. The highest BCUT2D eigenvalue weighted by atomic mass is 35.5. The van der Waals surface area contributed by atoms with Crippen molar-refractivity contribution in [3.63, 3.8) is 0 Å². The predicted octanol–water partition coefficient (Wildman–Crippen LogP) is 3.41. The fourth-order valence-corrected chi connectivity index (χ4v) is 3.25. The van der Waals surface area contributed by atoms with Gasteiger partial charge in [0.2, 0.25) is 0 Å². The van der Waals surface area contributed by atoms with E-state index in [9.17, 15) is 14.7 Å². The first kappa shape index (κ1) is 18.8. The van der Waals surface area contributed by atoms with E-state index in [0.717, 1.165) is 0 Å². The average molecular weight is 388 g/mol. The summed E-state index contributed by atoms with van der Waals surface area (Å²) in [5, 5.41) is 11.4. The smallest absolute Gasteiger partial charge is 0.295 e. The number of ether oxygens (including phenoxy) is 2. The minimum absolute atomic E-state index is 0.0112. The van der Waals surface area contributed by atoms with Gasteiger partial charge in [0.25, 0.3) is 11.7 Å². The molecule has 0 aromatic heterocycles. The SMILES string of the molecule is COc1ccc(/C(O)=C2/C(=O)C(=O)N(C)C2c2ccc(Cl)cc2)cc1OC. The number of hydrogen-bond acceptors (Lipinski definition) is 5. The van der Waals surface area contributed by atoms with Gasteiger partial charge in [-0.25, -0.2) is 0 Å². The lowest BCUT2D eigenvalue weighted by atomic mass is 9.95. The van der Waals surface area contributed by atoms with Crippen LogP contribution in [-0.4, -0.2) is 43.0 Å². The van der Waals surface area contributed by atoms with E-state index >= 15 is 0 Å². The molecule has 7 heteroatoms. The van der Waals surface area contributed by atoms with Gasteiger partial charge in [-0.05, 0) is 35.9 Å². The first-order valence-electron chi connectivity index (χ1n) is 8.11. The molecule has 140 valence electrons. The lowest BCUT2D eigenvalue weighted by molar-refractivity contribution is -0.139. The highest BCUT2D eigenvalue weighted by Gasteiger charge is 2.44. The molecule has 3 rings (SSSR count). The maximum atomic E-state index is 12.6. The number of halogens is 1. The predicted molar refractivity (Wildman–Crippen MR) is 101 cm³/mol. The van der Waals surface area contributed by atoms with Crippen LogP contribution in [0.25, 0.3) is 5.76 Å². The summed E-state index contributed by atoms with van der Waals surface area (Å²) in [6.07, 6.45) is 0. The molecule has 0 bridgehead atoms. The van der Waals surface area contributed by atoms with Gasteiger partial charge >= 0.3 is 0 Å². The molecule has 1 heterocycles. The minimum atomic E-state index is -0.746. The molecule has 1 N–H and O–H groups in total. The highest BCUT2D eigenvalue weighted by Crippen LogP contribution is 2.39. The van der Waals surface area contributed by atoms with Crippen molar-refractivity contribution >= 4 is 29.1 Å². The van der Waals surface area contributed by atoms with E-state index in [4.69, 9.17) is 21.1 Å². The minimum Gasteiger partial charge on any atom is -0.507 e. The number of methoxy groups -OCH3 is 2. The normalized spacial score (nSPS) is 18.7. The Hall–Kier alpha value is -2.99. The molecule has 1 amide bonds. The number of aliphatic hydroxyl groups excluding tert-OH is 1. The number of likely N-dealkylation sites (tertiary alicyclic amines) is 1. The molecule has 0 aliphatic carbocycles. The Bertz CT molecular complexity index is 936. The van der Waals surface area contributed by atoms with E-state index in [1.807, 2.05) is 0 Å². The van der Waals surface area contributed by atoms with Gasteiger partial charge in [-0.2, -0.15) is 0 Å². The molecular formula is C20H18ClNO5. The summed E-state index contributed by atoms with van der Waals surface area (Å²) in [6.45, 7) is 0. The number of carbonyl (C=O) groups is 2. The molecule has 1 saturated heterocycles. The van der Waals surface area contributed by atoms with Gasteiger partial charge in [-0.3, -0.25) is 9.59 Å². The van der Waals surface area contributed by atoms with Gasteiger partial charge in [0, 0.05) is 17.6 Å². The zero-order chi connectivity index (χ0) is 19.7. The van der Waals surface area contributed by atoms with Gasteiger partial charge in [-0.15, -0.1) is 0 Å². The summed E-state index contributed by atoms with van der Waals surface area (Å²) in [6, 6.07) is 10.8. The Kier molecular flexibility index (Phi) is 5.10. The number of benzene rings is 2. The van der Waals surface area contributed by atoms with E-state index in [1.54, 1.807) is 42.5 Å². The molecule has 0 saturated carbocycles. The number of aliphatic hydroxyl groups is 1. The van der Waals surface area contributed by atoms with E-state index in [-0.39, 0.29) is 11.3 Å². The van der Waals surface area contributed by atoms with Crippen molar-refractivity contribution in [1.82, 2.24) is 4.90 Å². The summed E-state index contributed by atoms with van der Waals surface area (Å²) >= 11 is 5.93. The van der Waals surface area contributed by atoms with Crippen molar-refractivity contribution in [2.75, 3.05) is 21.3 Å². The standard InChI is InChI=1S/C20H18ClNO5/c1-22-17(11-4-7-13(21)8-5-11)16(19(24)20(22)25)18(23)12-6-9-14(26-2)15(10-12)27-3/h4-10,17,23H,1-3H3/b18-16-. The van der Waals surface area contributed by atoms with Crippen LogP contribution >= 0.6 is 11.6 Å². The van der Waals surface area contributed by atoms with E-state index in [2.05, 4.69) is 0 Å². The van der Waals surface area contributed by atoms with Crippen LogP contribution in [-0.2, 0) is 9.59 Å².